The average molecular weight is 828 g/mol. The fraction of sp³-hybridized carbons (Fsp3) is 0.900. The number of carboxylic acids is 1. The van der Waals surface area contributed by atoms with Crippen LogP contribution in [0.2, 0.25) is 0 Å². The van der Waals surface area contributed by atoms with Crippen molar-refractivity contribution in [3.63, 3.8) is 0 Å². The first-order chi connectivity index (χ1) is 23.4. The van der Waals surface area contributed by atoms with Gasteiger partial charge in [-0.05, 0) is 6.42 Å². The van der Waals surface area contributed by atoms with Crippen molar-refractivity contribution in [2.75, 3.05) is 152 Å². The molecule has 1 saturated heterocycles. The third-order valence-electron chi connectivity index (χ3n) is 6.11. The van der Waals surface area contributed by atoms with Crippen molar-refractivity contribution in [2.45, 2.75) is 22.5 Å². The minimum Gasteiger partial charge on any atom is -0.481 e. The smallest absolute Gasteiger partial charge is 0.305 e. The molecule has 0 radical (unpaired) electrons. The molecule has 0 saturated carbocycles. The van der Waals surface area contributed by atoms with Crippen molar-refractivity contribution < 1.29 is 71.6 Å². The maximum absolute atomic E-state index is 12.0. The largest absolute Gasteiger partial charge is 0.481 e. The first kappa shape index (κ1) is 45.2. The van der Waals surface area contributed by atoms with E-state index in [1.165, 1.54) is 4.90 Å². The maximum atomic E-state index is 12.0. The SMILES string of the molecule is O=C(O)CCOCCOCCOCCOCCOCCOCCOCCOCCOCCOCCOCCCN1C(=O)C(Br)C(Br)C1=O. The molecule has 18 heteroatoms. The summed E-state index contributed by atoms with van der Waals surface area (Å²) in [4.78, 5) is 34.5. The molecule has 1 heterocycles. The second-order valence-corrected chi connectivity index (χ2v) is 11.8. The summed E-state index contributed by atoms with van der Waals surface area (Å²) in [5.41, 5.74) is 0. The monoisotopic (exact) mass is 825 g/mol. The molecule has 1 aliphatic rings. The molecule has 2 amide bonds. The molecule has 2 unspecified atom stereocenters. The predicted molar refractivity (Wildman–Crippen MR) is 178 cm³/mol. The summed E-state index contributed by atoms with van der Waals surface area (Å²) in [6, 6.07) is 0. The number of likely N-dealkylation sites (tertiary alicyclic amines) is 1. The molecule has 0 aromatic rings. The van der Waals surface area contributed by atoms with Gasteiger partial charge in [-0.2, -0.15) is 0 Å². The van der Waals surface area contributed by atoms with E-state index >= 15 is 0 Å². The van der Waals surface area contributed by atoms with Crippen LogP contribution in [-0.2, 0) is 66.5 Å². The highest BCUT2D eigenvalue weighted by molar-refractivity contribution is 9.12. The highest BCUT2D eigenvalue weighted by Crippen LogP contribution is 2.26. The first-order valence-corrected chi connectivity index (χ1v) is 18.0. The van der Waals surface area contributed by atoms with Crippen LogP contribution in [0.1, 0.15) is 12.8 Å². The molecule has 0 aliphatic carbocycles. The normalized spacial score (nSPS) is 16.4. The molecule has 0 aromatic carbocycles. The van der Waals surface area contributed by atoms with E-state index in [9.17, 15) is 14.4 Å². The van der Waals surface area contributed by atoms with Crippen LogP contribution in [0.5, 0.6) is 0 Å². The summed E-state index contributed by atoms with van der Waals surface area (Å²) in [5, 5.41) is 8.49. The van der Waals surface area contributed by atoms with Gasteiger partial charge in [-0.3, -0.25) is 19.3 Å². The lowest BCUT2D eigenvalue weighted by atomic mass is 10.4. The fourth-order valence-corrected chi connectivity index (χ4v) is 4.61. The van der Waals surface area contributed by atoms with Crippen LogP contribution in [0.15, 0.2) is 0 Å². The number of hydrogen-bond donors (Lipinski definition) is 1. The molecule has 0 aromatic heterocycles. The Morgan fingerprint density at radius 1 is 0.458 bits per heavy atom. The molecule has 1 fully saturated rings. The lowest BCUT2D eigenvalue weighted by Crippen LogP contribution is -2.32. The Hall–Kier alpha value is -0.870. The van der Waals surface area contributed by atoms with E-state index in [0.29, 0.717) is 152 Å². The Morgan fingerprint density at radius 3 is 0.938 bits per heavy atom. The van der Waals surface area contributed by atoms with E-state index in [1.807, 2.05) is 0 Å². The van der Waals surface area contributed by atoms with Crippen molar-refractivity contribution >= 4 is 49.6 Å². The zero-order valence-corrected chi connectivity index (χ0v) is 30.9. The summed E-state index contributed by atoms with van der Waals surface area (Å²) >= 11 is 6.44. The molecular formula is C30H53Br2NO15. The van der Waals surface area contributed by atoms with Crippen LogP contribution >= 0.6 is 31.9 Å². The fourth-order valence-electron chi connectivity index (χ4n) is 3.66. The molecule has 0 spiro atoms. The average Bonchev–Trinajstić information content (AvgIpc) is 3.25. The van der Waals surface area contributed by atoms with Crippen molar-refractivity contribution in [2.24, 2.45) is 0 Å². The van der Waals surface area contributed by atoms with E-state index in [0.717, 1.165) is 0 Å². The van der Waals surface area contributed by atoms with E-state index in [2.05, 4.69) is 31.9 Å². The van der Waals surface area contributed by atoms with Crippen LogP contribution in [-0.4, -0.2) is 189 Å². The number of aliphatic carboxylic acids is 1. The third kappa shape index (κ3) is 26.0. The van der Waals surface area contributed by atoms with Gasteiger partial charge in [0.25, 0.3) is 0 Å². The molecule has 48 heavy (non-hydrogen) atoms. The predicted octanol–water partition coefficient (Wildman–Crippen LogP) is 0.930. The highest BCUT2D eigenvalue weighted by atomic mass is 79.9. The number of rotatable bonds is 37. The molecule has 282 valence electrons. The van der Waals surface area contributed by atoms with Crippen molar-refractivity contribution in [3.05, 3.63) is 0 Å². The number of carbonyl (C=O) groups is 3. The zero-order valence-electron chi connectivity index (χ0n) is 27.7. The Bertz CT molecular complexity index is 781. The van der Waals surface area contributed by atoms with Crippen LogP contribution in [0, 0.1) is 0 Å². The quantitative estimate of drug-likeness (QED) is 0.0532. The molecule has 1 rings (SSSR count). The van der Waals surface area contributed by atoms with Crippen LogP contribution in [0.4, 0.5) is 0 Å². The first-order valence-electron chi connectivity index (χ1n) is 16.2. The van der Waals surface area contributed by atoms with Gasteiger partial charge >= 0.3 is 5.97 Å². The molecule has 1 N–H and O–H groups in total. The zero-order chi connectivity index (χ0) is 34.9. The number of halogens is 2. The van der Waals surface area contributed by atoms with Gasteiger partial charge in [-0.1, -0.05) is 31.9 Å². The van der Waals surface area contributed by atoms with E-state index < -0.39 is 15.6 Å². The number of ether oxygens (including phenoxy) is 11. The number of carboxylic acid groups (broad SMARTS) is 1. The van der Waals surface area contributed by atoms with Crippen molar-refractivity contribution in [3.8, 4) is 0 Å². The van der Waals surface area contributed by atoms with Crippen LogP contribution in [0.25, 0.3) is 0 Å². The van der Waals surface area contributed by atoms with Gasteiger partial charge in [0.05, 0.1) is 145 Å². The number of alkyl halides is 2. The van der Waals surface area contributed by atoms with E-state index in [1.54, 1.807) is 0 Å². The number of amides is 2. The standard InChI is InChI=1S/C30H53Br2NO15/c31-27-28(32)30(37)33(29(27)36)3-1-4-38-6-8-40-10-12-42-14-16-44-18-20-46-22-24-48-25-23-47-21-19-45-17-15-43-13-11-41-9-7-39-5-2-26(34)35/h27-28H,1-25H2,(H,34,35). The van der Waals surface area contributed by atoms with Crippen LogP contribution in [0.3, 0.4) is 0 Å². The summed E-state index contributed by atoms with van der Waals surface area (Å²) in [5.74, 6) is -1.32. The molecular weight excluding hydrogens is 774 g/mol. The van der Waals surface area contributed by atoms with Gasteiger partial charge in [-0.25, -0.2) is 0 Å². The summed E-state index contributed by atoms with van der Waals surface area (Å²) < 4.78 is 59.5. The number of imide groups is 1. The van der Waals surface area contributed by atoms with Gasteiger partial charge in [0.1, 0.15) is 9.65 Å². The van der Waals surface area contributed by atoms with Gasteiger partial charge in [0.15, 0.2) is 0 Å². The molecule has 2 atom stereocenters. The van der Waals surface area contributed by atoms with Gasteiger partial charge in [-0.15, -0.1) is 0 Å². The Kier molecular flexibility index (Phi) is 31.3. The number of hydrogen-bond acceptors (Lipinski definition) is 14. The van der Waals surface area contributed by atoms with Gasteiger partial charge < -0.3 is 57.2 Å². The minimum atomic E-state index is -0.879. The lowest BCUT2D eigenvalue weighted by Gasteiger charge is -2.13. The second-order valence-electron chi connectivity index (χ2n) is 9.87. The lowest BCUT2D eigenvalue weighted by molar-refractivity contribution is -0.139. The maximum Gasteiger partial charge on any atom is 0.305 e. The summed E-state index contributed by atoms with van der Waals surface area (Å²) in [6.45, 7) is 10.0. The number of nitrogens with zero attached hydrogens (tertiary/aromatic N) is 1. The Balaban J connectivity index is 1.65. The van der Waals surface area contributed by atoms with Gasteiger partial charge in [0, 0.05) is 13.2 Å². The minimum absolute atomic E-state index is 0.00818. The second kappa shape index (κ2) is 33.3. The van der Waals surface area contributed by atoms with Crippen molar-refractivity contribution in [1.82, 2.24) is 4.90 Å². The van der Waals surface area contributed by atoms with E-state index in [4.69, 9.17) is 57.2 Å². The van der Waals surface area contributed by atoms with E-state index in [-0.39, 0.29) is 24.8 Å². The Morgan fingerprint density at radius 2 is 0.688 bits per heavy atom. The number of carbonyl (C=O) groups excluding carboxylic acids is 2. The van der Waals surface area contributed by atoms with Crippen LogP contribution < -0.4 is 0 Å². The molecule has 1 aliphatic heterocycles. The highest BCUT2D eigenvalue weighted by Gasteiger charge is 2.44. The van der Waals surface area contributed by atoms with Gasteiger partial charge in [0.2, 0.25) is 11.8 Å². The molecule has 0 bridgehead atoms. The van der Waals surface area contributed by atoms with Crippen molar-refractivity contribution in [1.29, 1.82) is 0 Å². The summed E-state index contributed by atoms with van der Waals surface area (Å²) in [6.07, 6.45) is 0.566. The topological polar surface area (TPSA) is 176 Å². The third-order valence-corrected chi connectivity index (χ3v) is 8.66. The summed E-state index contributed by atoms with van der Waals surface area (Å²) in [7, 11) is 0. The Labute approximate surface area is 299 Å². The molecule has 16 nitrogen and oxygen atoms in total.